The van der Waals surface area contributed by atoms with Crippen LogP contribution in [0.15, 0.2) is 71.1 Å². The van der Waals surface area contributed by atoms with Crippen molar-refractivity contribution in [2.24, 2.45) is 5.41 Å². The highest BCUT2D eigenvalue weighted by Gasteiger charge is 2.43. The van der Waals surface area contributed by atoms with Gasteiger partial charge in [0.2, 0.25) is 0 Å². The fourth-order valence-electron chi connectivity index (χ4n) is 5.03. The van der Waals surface area contributed by atoms with E-state index in [9.17, 15) is 9.59 Å². The first-order chi connectivity index (χ1) is 17.2. The van der Waals surface area contributed by atoms with Crippen LogP contribution in [0.2, 0.25) is 0 Å². The van der Waals surface area contributed by atoms with Gasteiger partial charge in [0.25, 0.3) is 0 Å². The van der Waals surface area contributed by atoms with Gasteiger partial charge in [-0.25, -0.2) is 4.79 Å². The number of methoxy groups -OCH3 is 1. The summed E-state index contributed by atoms with van der Waals surface area (Å²) in [6.07, 6.45) is 1.88. The highest BCUT2D eigenvalue weighted by molar-refractivity contribution is 6.04. The van der Waals surface area contributed by atoms with Crippen molar-refractivity contribution >= 4 is 11.8 Å². The Bertz CT molecular complexity index is 1210. The molecule has 1 N–H and O–H groups in total. The average molecular weight is 490 g/mol. The van der Waals surface area contributed by atoms with Gasteiger partial charge < -0.3 is 19.5 Å². The first-order valence-electron chi connectivity index (χ1n) is 12.5. The molecule has 0 unspecified atom stereocenters. The summed E-state index contributed by atoms with van der Waals surface area (Å²) in [6, 6.07) is 15.5. The summed E-state index contributed by atoms with van der Waals surface area (Å²) in [5, 5.41) is 3.37. The van der Waals surface area contributed by atoms with Gasteiger partial charge in [0.15, 0.2) is 17.3 Å². The lowest BCUT2D eigenvalue weighted by atomic mass is 9.68. The van der Waals surface area contributed by atoms with Gasteiger partial charge in [-0.15, -0.1) is 0 Å². The molecule has 2 aromatic carbocycles. The summed E-state index contributed by atoms with van der Waals surface area (Å²) in [5.41, 5.74) is 4.40. The zero-order valence-corrected chi connectivity index (χ0v) is 21.8. The van der Waals surface area contributed by atoms with Crippen LogP contribution < -0.4 is 14.8 Å². The third kappa shape index (κ3) is 5.32. The number of benzene rings is 2. The number of allylic oxidation sites excluding steroid dienone is 3. The van der Waals surface area contributed by atoms with Gasteiger partial charge in [0, 0.05) is 29.3 Å². The molecular formula is C30H35NO5. The number of nitrogens with one attached hydrogen (secondary N) is 1. The van der Waals surface area contributed by atoms with E-state index >= 15 is 0 Å². The van der Waals surface area contributed by atoms with Crippen LogP contribution in [0.25, 0.3) is 0 Å². The van der Waals surface area contributed by atoms with E-state index in [1.165, 1.54) is 0 Å². The molecule has 1 aliphatic heterocycles. The standard InChI is InChI=1S/C30H35NO5/c1-6-14-35-29(33)26-19(2)31-22-16-30(3,4)17-23(32)28(22)27(26)21-12-13-24(25(15-21)34-5)36-18-20-10-8-7-9-11-20/h7-13,15,27,31H,6,14,16-18H2,1-5H3/t27-/m1/s1. The van der Waals surface area contributed by atoms with Gasteiger partial charge in [-0.05, 0) is 48.4 Å². The highest BCUT2D eigenvalue weighted by Crippen LogP contribution is 2.48. The Balaban J connectivity index is 1.74. The molecule has 190 valence electrons. The predicted octanol–water partition coefficient (Wildman–Crippen LogP) is 5.83. The Morgan fingerprint density at radius 3 is 2.53 bits per heavy atom. The van der Waals surface area contributed by atoms with Crippen molar-refractivity contribution < 1.29 is 23.8 Å². The summed E-state index contributed by atoms with van der Waals surface area (Å²) in [5.74, 6) is 0.257. The molecule has 6 nitrogen and oxygen atoms in total. The van der Waals surface area contributed by atoms with Gasteiger partial charge in [-0.3, -0.25) is 4.79 Å². The summed E-state index contributed by atoms with van der Waals surface area (Å²) < 4.78 is 17.3. The van der Waals surface area contributed by atoms with E-state index in [2.05, 4.69) is 19.2 Å². The van der Waals surface area contributed by atoms with E-state index in [0.717, 1.165) is 29.7 Å². The minimum Gasteiger partial charge on any atom is -0.493 e. The van der Waals surface area contributed by atoms with E-state index in [4.69, 9.17) is 14.2 Å². The minimum atomic E-state index is -0.536. The Morgan fingerprint density at radius 2 is 1.83 bits per heavy atom. The smallest absolute Gasteiger partial charge is 0.336 e. The van der Waals surface area contributed by atoms with Crippen LogP contribution in [0.5, 0.6) is 11.5 Å². The van der Waals surface area contributed by atoms with Gasteiger partial charge in [0.1, 0.15) is 6.61 Å². The van der Waals surface area contributed by atoms with Crippen molar-refractivity contribution in [2.75, 3.05) is 13.7 Å². The topological polar surface area (TPSA) is 73.9 Å². The molecule has 4 rings (SSSR count). The molecule has 2 aromatic rings. The molecule has 36 heavy (non-hydrogen) atoms. The Hall–Kier alpha value is -3.54. The van der Waals surface area contributed by atoms with Crippen LogP contribution in [0.1, 0.15) is 64.0 Å². The van der Waals surface area contributed by atoms with Gasteiger partial charge in [-0.2, -0.15) is 0 Å². The zero-order valence-electron chi connectivity index (χ0n) is 21.8. The van der Waals surface area contributed by atoms with Crippen LogP contribution in [0.3, 0.4) is 0 Å². The molecule has 2 aliphatic rings. The van der Waals surface area contributed by atoms with E-state index in [1.54, 1.807) is 7.11 Å². The van der Waals surface area contributed by atoms with E-state index in [0.29, 0.717) is 48.0 Å². The van der Waals surface area contributed by atoms with Crippen molar-refractivity contribution in [3.63, 3.8) is 0 Å². The van der Waals surface area contributed by atoms with Crippen LogP contribution in [0, 0.1) is 5.41 Å². The van der Waals surface area contributed by atoms with E-state index in [1.807, 2.05) is 62.4 Å². The molecule has 0 aromatic heterocycles. The van der Waals surface area contributed by atoms with Crippen LogP contribution in [-0.4, -0.2) is 25.5 Å². The van der Waals surface area contributed by atoms with Gasteiger partial charge in [0.05, 0.1) is 19.3 Å². The maximum Gasteiger partial charge on any atom is 0.336 e. The third-order valence-corrected chi connectivity index (χ3v) is 6.66. The summed E-state index contributed by atoms with van der Waals surface area (Å²) in [7, 11) is 1.59. The number of ether oxygens (including phenoxy) is 3. The number of carbonyl (C=O) groups excluding carboxylic acids is 2. The summed E-state index contributed by atoms with van der Waals surface area (Å²) >= 11 is 0. The molecule has 0 radical (unpaired) electrons. The number of Topliss-reactive ketones (excluding diaryl/α,β-unsaturated/α-hetero) is 1. The second kappa shape index (κ2) is 10.6. The maximum atomic E-state index is 13.5. The number of hydrogen-bond acceptors (Lipinski definition) is 6. The molecule has 1 aliphatic carbocycles. The van der Waals surface area contributed by atoms with Crippen molar-refractivity contribution in [3.8, 4) is 11.5 Å². The lowest BCUT2D eigenvalue weighted by Gasteiger charge is -2.39. The van der Waals surface area contributed by atoms with E-state index in [-0.39, 0.29) is 11.2 Å². The lowest BCUT2D eigenvalue weighted by Crippen LogP contribution is -2.38. The summed E-state index contributed by atoms with van der Waals surface area (Å²) in [4.78, 5) is 26.7. The SMILES string of the molecule is CCCOC(=O)C1=C(C)NC2=C(C(=O)CC(C)(C)C2)[C@@H]1c1ccc(OCc2ccccc2)c(OC)c1. The fourth-order valence-corrected chi connectivity index (χ4v) is 5.03. The van der Waals surface area contributed by atoms with Crippen molar-refractivity contribution in [1.29, 1.82) is 0 Å². The van der Waals surface area contributed by atoms with E-state index < -0.39 is 11.9 Å². The summed E-state index contributed by atoms with van der Waals surface area (Å²) in [6.45, 7) is 8.75. The largest absolute Gasteiger partial charge is 0.493 e. The first kappa shape index (κ1) is 25.5. The van der Waals surface area contributed by atoms with Crippen molar-refractivity contribution in [3.05, 3.63) is 82.2 Å². The monoisotopic (exact) mass is 489 g/mol. The van der Waals surface area contributed by atoms with Gasteiger partial charge >= 0.3 is 5.97 Å². The number of dihydropyridines is 1. The second-order valence-electron chi connectivity index (χ2n) is 10.3. The van der Waals surface area contributed by atoms with Gasteiger partial charge in [-0.1, -0.05) is 57.2 Å². The number of rotatable bonds is 8. The third-order valence-electron chi connectivity index (χ3n) is 6.66. The molecule has 0 spiro atoms. The zero-order chi connectivity index (χ0) is 25.9. The average Bonchev–Trinajstić information content (AvgIpc) is 2.85. The Labute approximate surface area is 213 Å². The molecule has 0 amide bonds. The first-order valence-corrected chi connectivity index (χ1v) is 12.5. The minimum absolute atomic E-state index is 0.0513. The Morgan fingerprint density at radius 1 is 1.08 bits per heavy atom. The normalized spacial score (nSPS) is 18.9. The number of esters is 1. The lowest BCUT2D eigenvalue weighted by molar-refractivity contribution is -0.139. The highest BCUT2D eigenvalue weighted by atomic mass is 16.5. The maximum absolute atomic E-state index is 13.5. The molecule has 1 heterocycles. The number of carbonyl (C=O) groups is 2. The molecule has 0 bridgehead atoms. The van der Waals surface area contributed by atoms with Crippen LogP contribution in [-0.2, 0) is 20.9 Å². The molecule has 0 saturated heterocycles. The van der Waals surface area contributed by atoms with Crippen LogP contribution in [0.4, 0.5) is 0 Å². The molecule has 6 heteroatoms. The van der Waals surface area contributed by atoms with Crippen molar-refractivity contribution in [1.82, 2.24) is 5.32 Å². The predicted molar refractivity (Wildman–Crippen MR) is 139 cm³/mol. The molecule has 0 saturated carbocycles. The fraction of sp³-hybridized carbons (Fsp3) is 0.400. The molecule has 1 atom stereocenters. The van der Waals surface area contributed by atoms with Crippen LogP contribution >= 0.6 is 0 Å². The molecule has 0 fully saturated rings. The van der Waals surface area contributed by atoms with Crippen molar-refractivity contribution in [2.45, 2.75) is 59.5 Å². The quantitative estimate of drug-likeness (QED) is 0.470. The number of ketones is 1. The molecular weight excluding hydrogens is 454 g/mol. The number of hydrogen-bond donors (Lipinski definition) is 1. The Kier molecular flexibility index (Phi) is 7.53. The second-order valence-corrected chi connectivity index (χ2v) is 10.3.